The predicted molar refractivity (Wildman–Crippen MR) is 147 cm³/mol. The Morgan fingerprint density at radius 3 is 2.41 bits per heavy atom. The molecule has 4 aromatic heterocycles. The number of benzene rings is 1. The Labute approximate surface area is 240 Å². The van der Waals surface area contributed by atoms with Crippen LogP contribution in [0.3, 0.4) is 0 Å². The van der Waals surface area contributed by atoms with E-state index < -0.39 is 23.1 Å². The number of aromatic nitrogens is 6. The Morgan fingerprint density at radius 1 is 1.05 bits per heavy atom. The van der Waals surface area contributed by atoms with Gasteiger partial charge >= 0.3 is 0 Å². The summed E-state index contributed by atoms with van der Waals surface area (Å²) < 4.78 is 58.0. The molecular weight excluding hydrogens is 577 g/mol. The summed E-state index contributed by atoms with van der Waals surface area (Å²) in [6.45, 7) is 2.25. The van der Waals surface area contributed by atoms with E-state index in [1.165, 1.54) is 20.3 Å². The molecule has 15 heteroatoms. The third-order valence-corrected chi connectivity index (χ3v) is 6.59. The molecule has 4 heterocycles. The molecule has 1 aromatic carbocycles. The molecule has 2 atom stereocenters. The van der Waals surface area contributed by atoms with Crippen molar-refractivity contribution in [1.29, 1.82) is 0 Å². The summed E-state index contributed by atoms with van der Waals surface area (Å²) in [5.41, 5.74) is 1.28. The van der Waals surface area contributed by atoms with Crippen LogP contribution in [0.2, 0.25) is 5.15 Å². The molecule has 5 rings (SSSR count). The van der Waals surface area contributed by atoms with Gasteiger partial charge < -0.3 is 18.8 Å². The highest BCUT2D eigenvalue weighted by atomic mass is 35.5. The molecular formula is C26H22ClFN7O5S-. The van der Waals surface area contributed by atoms with Gasteiger partial charge in [0.2, 0.25) is 5.88 Å². The maximum atomic E-state index is 13.6. The van der Waals surface area contributed by atoms with Crippen molar-refractivity contribution in [1.82, 2.24) is 34.2 Å². The number of pyridine rings is 2. The van der Waals surface area contributed by atoms with Crippen LogP contribution < -0.4 is 18.9 Å². The van der Waals surface area contributed by atoms with Crippen molar-refractivity contribution < 1.29 is 27.4 Å². The quantitative estimate of drug-likeness (QED) is 0.234. The summed E-state index contributed by atoms with van der Waals surface area (Å²) in [6, 6.07) is 11.7. The van der Waals surface area contributed by atoms with Crippen LogP contribution in [-0.4, -0.2) is 59.1 Å². The maximum Gasteiger partial charge on any atom is 0.213 e. The van der Waals surface area contributed by atoms with Gasteiger partial charge in [0.1, 0.15) is 40.4 Å². The second kappa shape index (κ2) is 12.1. The summed E-state index contributed by atoms with van der Waals surface area (Å²) in [5.74, 6) is 0.907. The van der Waals surface area contributed by atoms with Crippen LogP contribution in [0.15, 0.2) is 54.7 Å². The minimum absolute atomic E-state index is 0.0000610. The average Bonchev–Trinajstić information content (AvgIpc) is 3.33. The highest BCUT2D eigenvalue weighted by Crippen LogP contribution is 2.39. The molecule has 0 saturated heterocycles. The lowest BCUT2D eigenvalue weighted by molar-refractivity contribution is 0.327. The van der Waals surface area contributed by atoms with Crippen molar-refractivity contribution in [3.8, 4) is 34.6 Å². The van der Waals surface area contributed by atoms with Crippen molar-refractivity contribution in [2.24, 2.45) is 0 Å². The topological polar surface area (TPSA) is 149 Å². The summed E-state index contributed by atoms with van der Waals surface area (Å²) in [6.07, 6.45) is 0.955. The van der Waals surface area contributed by atoms with Gasteiger partial charge in [-0.15, -0.1) is 0 Å². The van der Waals surface area contributed by atoms with Crippen molar-refractivity contribution in [2.45, 2.75) is 13.0 Å². The zero-order valence-corrected chi connectivity index (χ0v) is 23.4. The largest absolute Gasteiger partial charge is 0.760 e. The van der Waals surface area contributed by atoms with Gasteiger partial charge in [-0.3, -0.25) is 13.8 Å². The molecule has 5 aromatic rings. The molecule has 1 N–H and O–H groups in total. The molecule has 0 saturated carbocycles. The van der Waals surface area contributed by atoms with Crippen LogP contribution in [0.4, 0.5) is 4.39 Å². The molecule has 0 fully saturated rings. The van der Waals surface area contributed by atoms with Gasteiger partial charge in [-0.2, -0.15) is 0 Å². The number of halogens is 2. The van der Waals surface area contributed by atoms with E-state index in [-0.39, 0.29) is 27.8 Å². The Hall–Kier alpha value is -4.24. The first-order valence-electron chi connectivity index (χ1n) is 12.1. The van der Waals surface area contributed by atoms with E-state index in [0.29, 0.717) is 41.2 Å². The predicted octanol–water partition coefficient (Wildman–Crippen LogP) is 3.95. The number of para-hydroxylation sites is 1. The number of fused-ring (bicyclic) bond motifs is 1. The molecule has 0 bridgehead atoms. The van der Waals surface area contributed by atoms with Crippen LogP contribution >= 0.6 is 11.6 Å². The third kappa shape index (κ3) is 5.67. The minimum atomic E-state index is -2.77. The van der Waals surface area contributed by atoms with Crippen molar-refractivity contribution in [2.75, 3.05) is 20.8 Å². The SMILES string of the molecule is CCOc1cccc(-c2nc3nc(Cl)c(C(NS(=O)[O-])c4ccc(F)cn4)nc3n2-c2c(OC)cccc2OC)n1. The summed E-state index contributed by atoms with van der Waals surface area (Å²) in [7, 11) is 3.01. The molecule has 12 nitrogen and oxygen atoms in total. The number of rotatable bonds is 10. The van der Waals surface area contributed by atoms with Crippen molar-refractivity contribution >= 4 is 34.2 Å². The first-order chi connectivity index (χ1) is 19.8. The lowest BCUT2D eigenvalue weighted by atomic mass is 10.1. The highest BCUT2D eigenvalue weighted by molar-refractivity contribution is 7.77. The second-order valence-corrected chi connectivity index (χ2v) is 9.37. The Balaban J connectivity index is 1.84. The van der Waals surface area contributed by atoms with Gasteiger partial charge in [0.05, 0.1) is 32.7 Å². The average molecular weight is 599 g/mol. The van der Waals surface area contributed by atoms with Crippen LogP contribution in [0.5, 0.6) is 17.4 Å². The second-order valence-electron chi connectivity index (χ2n) is 8.31. The van der Waals surface area contributed by atoms with E-state index in [1.54, 1.807) is 41.0 Å². The Bertz CT molecular complexity index is 1720. The fourth-order valence-corrected chi connectivity index (χ4v) is 4.84. The number of methoxy groups -OCH3 is 2. The molecule has 41 heavy (non-hydrogen) atoms. The van der Waals surface area contributed by atoms with E-state index in [2.05, 4.69) is 24.7 Å². The van der Waals surface area contributed by atoms with Gasteiger partial charge in [-0.05, 0) is 37.3 Å². The van der Waals surface area contributed by atoms with E-state index >= 15 is 0 Å². The molecule has 2 unspecified atom stereocenters. The van der Waals surface area contributed by atoms with Crippen LogP contribution in [-0.2, 0) is 11.3 Å². The van der Waals surface area contributed by atoms with Gasteiger partial charge in [0.25, 0.3) is 0 Å². The Morgan fingerprint density at radius 2 is 1.78 bits per heavy atom. The normalized spacial score (nSPS) is 12.7. The number of ether oxygens (including phenoxy) is 3. The lowest BCUT2D eigenvalue weighted by Crippen LogP contribution is -2.26. The fraction of sp³-hybridized carbons (Fsp3) is 0.192. The Kier molecular flexibility index (Phi) is 8.35. The monoisotopic (exact) mass is 598 g/mol. The number of nitrogens with one attached hydrogen (secondary N) is 1. The molecule has 212 valence electrons. The smallest absolute Gasteiger partial charge is 0.213 e. The standard InChI is InChI=1S/C26H23ClFN7O5S/c1-4-40-19-10-5-7-16(30-19)25-33-24-26(35(25)22-17(38-2)8-6-9-18(22)39-3)31-21(23(27)32-24)20(34-41(36)37)15-12-11-14(28)13-29-15/h5-13,20,34H,4H2,1-3H3,(H,36,37)/p-1. The highest BCUT2D eigenvalue weighted by Gasteiger charge is 2.28. The minimum Gasteiger partial charge on any atom is -0.760 e. The van der Waals surface area contributed by atoms with Gasteiger partial charge in [0, 0.05) is 17.3 Å². The fourth-order valence-electron chi connectivity index (χ4n) is 4.18. The van der Waals surface area contributed by atoms with Gasteiger partial charge in [-0.1, -0.05) is 23.7 Å². The molecule has 0 aliphatic heterocycles. The maximum absolute atomic E-state index is 13.6. The number of hydrogen-bond acceptors (Lipinski definition) is 10. The number of hydrogen-bond donors (Lipinski definition) is 1. The summed E-state index contributed by atoms with van der Waals surface area (Å²) in [5, 5.41) is -0.147. The molecule has 0 spiro atoms. The number of nitrogens with zero attached hydrogens (tertiary/aromatic N) is 6. The van der Waals surface area contributed by atoms with Crippen LogP contribution in [0.25, 0.3) is 28.5 Å². The zero-order chi connectivity index (χ0) is 29.1. The summed E-state index contributed by atoms with van der Waals surface area (Å²) in [4.78, 5) is 22.5. The van der Waals surface area contributed by atoms with Crippen molar-refractivity contribution in [3.05, 3.63) is 77.1 Å². The number of imidazole rings is 1. The van der Waals surface area contributed by atoms with E-state index in [9.17, 15) is 13.2 Å². The van der Waals surface area contributed by atoms with Gasteiger partial charge in [0.15, 0.2) is 22.3 Å². The third-order valence-electron chi connectivity index (χ3n) is 5.88. The summed E-state index contributed by atoms with van der Waals surface area (Å²) >= 11 is 3.78. The van der Waals surface area contributed by atoms with Gasteiger partial charge in [-0.25, -0.2) is 29.0 Å². The first kappa shape index (κ1) is 28.3. The zero-order valence-electron chi connectivity index (χ0n) is 21.9. The molecule has 0 amide bonds. The first-order valence-corrected chi connectivity index (χ1v) is 13.5. The van der Waals surface area contributed by atoms with Crippen molar-refractivity contribution in [3.63, 3.8) is 0 Å². The van der Waals surface area contributed by atoms with Crippen LogP contribution in [0, 0.1) is 5.82 Å². The lowest BCUT2D eigenvalue weighted by Gasteiger charge is -2.20. The van der Waals surface area contributed by atoms with E-state index in [0.717, 1.165) is 12.3 Å². The van der Waals surface area contributed by atoms with E-state index in [1.807, 2.05) is 6.92 Å². The van der Waals surface area contributed by atoms with Crippen LogP contribution in [0.1, 0.15) is 24.4 Å². The molecule has 0 aliphatic rings. The van der Waals surface area contributed by atoms with E-state index in [4.69, 9.17) is 30.8 Å². The molecule has 0 aliphatic carbocycles. The molecule has 0 radical (unpaired) electrons.